The van der Waals surface area contributed by atoms with E-state index in [0.29, 0.717) is 21.7 Å². The molecule has 0 radical (unpaired) electrons. The molecule has 0 aliphatic carbocycles. The van der Waals surface area contributed by atoms with Crippen LogP contribution in [0, 0.1) is 0 Å². The second-order valence-corrected chi connectivity index (χ2v) is 7.96. The summed E-state index contributed by atoms with van der Waals surface area (Å²) >= 11 is 5.94. The number of hydrogen-bond acceptors (Lipinski definition) is 2. The Balaban J connectivity index is 1.85. The van der Waals surface area contributed by atoms with E-state index in [-0.39, 0.29) is 12.1 Å². The van der Waals surface area contributed by atoms with Gasteiger partial charge in [0.05, 0.1) is 11.6 Å². The zero-order valence-corrected chi connectivity index (χ0v) is 17.3. The van der Waals surface area contributed by atoms with E-state index in [1.54, 1.807) is 48.5 Å². The van der Waals surface area contributed by atoms with Gasteiger partial charge in [-0.3, -0.25) is 9.59 Å². The van der Waals surface area contributed by atoms with Gasteiger partial charge >= 0.3 is 12.1 Å². The molecule has 0 saturated carbocycles. The zero-order chi connectivity index (χ0) is 23.0. The van der Waals surface area contributed by atoms with Gasteiger partial charge in [0.15, 0.2) is 0 Å². The highest BCUT2D eigenvalue weighted by Crippen LogP contribution is 2.44. The fraction of sp³-hybridized carbons (Fsp3) is 0.167. The van der Waals surface area contributed by atoms with Crippen LogP contribution in [0.5, 0.6) is 0 Å². The summed E-state index contributed by atoms with van der Waals surface area (Å²) < 4.78 is 39.2. The molecule has 3 aromatic rings. The van der Waals surface area contributed by atoms with Gasteiger partial charge in [-0.25, -0.2) is 0 Å². The van der Waals surface area contributed by atoms with Crippen LogP contribution in [0.3, 0.4) is 0 Å². The molecular formula is C24H17ClF3NO3. The number of carbonyl (C=O) groups excluding carboxylic acids is 1. The third-order valence-electron chi connectivity index (χ3n) is 5.55. The molecule has 1 aliphatic rings. The molecule has 4 rings (SSSR count). The molecule has 0 spiro atoms. The summed E-state index contributed by atoms with van der Waals surface area (Å²) in [5.41, 5.74) is 0.768. The Morgan fingerprint density at radius 1 is 0.969 bits per heavy atom. The highest BCUT2D eigenvalue weighted by atomic mass is 35.5. The van der Waals surface area contributed by atoms with Gasteiger partial charge in [-0.05, 0) is 47.0 Å². The van der Waals surface area contributed by atoms with Crippen LogP contribution < -0.4 is 0 Å². The molecular weight excluding hydrogens is 443 g/mol. The molecule has 0 aromatic heterocycles. The lowest BCUT2D eigenvalue weighted by Crippen LogP contribution is -2.44. The lowest BCUT2D eigenvalue weighted by Gasteiger charge is -2.41. The molecule has 8 heteroatoms. The third kappa shape index (κ3) is 4.08. The van der Waals surface area contributed by atoms with Crippen LogP contribution >= 0.6 is 11.6 Å². The SMILES string of the molecule is O=C(O)[C@H]1c2ccccc2C(=O)N(Cc2ccc(Cl)cc2)[C@@H]1c1ccc(C(F)(F)F)cc1. The fourth-order valence-corrected chi connectivity index (χ4v) is 4.19. The second kappa shape index (κ2) is 8.31. The van der Waals surface area contributed by atoms with Crippen LogP contribution in [0.1, 0.15) is 44.6 Å². The van der Waals surface area contributed by atoms with Crippen molar-refractivity contribution in [1.82, 2.24) is 4.90 Å². The van der Waals surface area contributed by atoms with Crippen molar-refractivity contribution >= 4 is 23.5 Å². The number of benzene rings is 3. The number of halogens is 4. The predicted octanol–water partition coefficient (Wildman–Crippen LogP) is 5.92. The van der Waals surface area contributed by atoms with Crippen LogP contribution in [-0.2, 0) is 17.5 Å². The first-order chi connectivity index (χ1) is 15.2. The minimum Gasteiger partial charge on any atom is -0.481 e. The largest absolute Gasteiger partial charge is 0.481 e. The Kier molecular flexibility index (Phi) is 5.69. The van der Waals surface area contributed by atoms with Gasteiger partial charge in [0.2, 0.25) is 0 Å². The first kappa shape index (κ1) is 21.9. The summed E-state index contributed by atoms with van der Waals surface area (Å²) in [4.78, 5) is 27.1. The first-order valence-electron chi connectivity index (χ1n) is 9.71. The predicted molar refractivity (Wildman–Crippen MR) is 112 cm³/mol. The van der Waals surface area contributed by atoms with Crippen molar-refractivity contribution in [2.45, 2.75) is 24.7 Å². The molecule has 1 heterocycles. The number of amides is 1. The number of hydrogen-bond donors (Lipinski definition) is 1. The van der Waals surface area contributed by atoms with E-state index in [1.165, 1.54) is 17.0 Å². The normalized spacial score (nSPS) is 18.4. The topological polar surface area (TPSA) is 57.6 Å². The van der Waals surface area contributed by atoms with Crippen LogP contribution in [0.25, 0.3) is 0 Å². The number of carboxylic acids is 1. The molecule has 1 aliphatic heterocycles. The molecule has 4 nitrogen and oxygen atoms in total. The average molecular weight is 460 g/mol. The smallest absolute Gasteiger partial charge is 0.416 e. The van der Waals surface area contributed by atoms with Crippen LogP contribution in [-0.4, -0.2) is 21.9 Å². The standard InChI is InChI=1S/C24H17ClF3NO3/c25-17-11-5-14(6-12-17)13-29-21(15-7-9-16(10-8-15)24(26,27)28)20(23(31)32)18-3-1-2-4-19(18)22(29)30/h1-12,20-21H,13H2,(H,31,32)/t20-,21+/m0/s1. The Hall–Kier alpha value is -3.32. The second-order valence-electron chi connectivity index (χ2n) is 7.53. The van der Waals surface area contributed by atoms with Crippen LogP contribution in [0.2, 0.25) is 5.02 Å². The average Bonchev–Trinajstić information content (AvgIpc) is 2.76. The van der Waals surface area contributed by atoms with Crippen molar-refractivity contribution < 1.29 is 27.9 Å². The molecule has 1 amide bonds. The maximum Gasteiger partial charge on any atom is 0.416 e. The minimum atomic E-state index is -4.53. The number of alkyl halides is 3. The van der Waals surface area contributed by atoms with Gasteiger partial charge in [-0.1, -0.05) is 54.1 Å². The third-order valence-corrected chi connectivity index (χ3v) is 5.80. The lowest BCUT2D eigenvalue weighted by molar-refractivity contribution is -0.141. The van der Waals surface area contributed by atoms with Gasteiger partial charge in [-0.2, -0.15) is 13.2 Å². The van der Waals surface area contributed by atoms with Gasteiger partial charge < -0.3 is 10.0 Å². The van der Waals surface area contributed by atoms with Crippen molar-refractivity contribution in [3.8, 4) is 0 Å². The van der Waals surface area contributed by atoms with Crippen molar-refractivity contribution in [3.05, 3.63) is 106 Å². The highest BCUT2D eigenvalue weighted by Gasteiger charge is 2.44. The summed E-state index contributed by atoms with van der Waals surface area (Å²) in [5.74, 6) is -2.71. The quantitative estimate of drug-likeness (QED) is 0.526. The molecule has 2 atom stereocenters. The van der Waals surface area contributed by atoms with E-state index >= 15 is 0 Å². The summed E-state index contributed by atoms with van der Waals surface area (Å²) in [5, 5.41) is 10.6. The molecule has 32 heavy (non-hydrogen) atoms. The van der Waals surface area contributed by atoms with E-state index in [4.69, 9.17) is 11.6 Å². The van der Waals surface area contributed by atoms with E-state index in [1.807, 2.05) is 0 Å². The number of aliphatic carboxylic acids is 1. The molecule has 0 fully saturated rings. The zero-order valence-electron chi connectivity index (χ0n) is 16.5. The molecule has 0 saturated heterocycles. The van der Waals surface area contributed by atoms with E-state index in [0.717, 1.165) is 12.1 Å². The molecule has 0 bridgehead atoms. The molecule has 0 unspecified atom stereocenters. The first-order valence-corrected chi connectivity index (χ1v) is 10.1. The van der Waals surface area contributed by atoms with Gasteiger partial charge in [0.1, 0.15) is 5.92 Å². The van der Waals surface area contributed by atoms with E-state index in [9.17, 15) is 27.9 Å². The lowest BCUT2D eigenvalue weighted by atomic mass is 9.79. The van der Waals surface area contributed by atoms with Crippen molar-refractivity contribution in [2.75, 3.05) is 0 Å². The molecule has 164 valence electrons. The number of fused-ring (bicyclic) bond motifs is 1. The van der Waals surface area contributed by atoms with Gasteiger partial charge in [0, 0.05) is 17.1 Å². The Labute approximate surface area is 186 Å². The highest BCUT2D eigenvalue weighted by molar-refractivity contribution is 6.30. The maximum atomic E-state index is 13.4. The molecule has 3 aromatic carbocycles. The fourth-order valence-electron chi connectivity index (χ4n) is 4.06. The van der Waals surface area contributed by atoms with E-state index < -0.39 is 35.6 Å². The number of nitrogens with zero attached hydrogens (tertiary/aromatic N) is 1. The van der Waals surface area contributed by atoms with Crippen LogP contribution in [0.4, 0.5) is 13.2 Å². The summed E-state index contributed by atoms with van der Waals surface area (Å²) in [7, 11) is 0. The minimum absolute atomic E-state index is 0.0693. The summed E-state index contributed by atoms with van der Waals surface area (Å²) in [6.45, 7) is 0.0693. The Morgan fingerprint density at radius 3 is 2.19 bits per heavy atom. The van der Waals surface area contributed by atoms with E-state index in [2.05, 4.69) is 0 Å². The van der Waals surface area contributed by atoms with Crippen molar-refractivity contribution in [1.29, 1.82) is 0 Å². The number of carbonyl (C=O) groups is 2. The maximum absolute atomic E-state index is 13.4. The molecule has 1 N–H and O–H groups in total. The van der Waals surface area contributed by atoms with Crippen molar-refractivity contribution in [2.24, 2.45) is 0 Å². The summed E-state index contributed by atoms with van der Waals surface area (Å²) in [6, 6.07) is 16.4. The number of rotatable bonds is 4. The summed E-state index contributed by atoms with van der Waals surface area (Å²) in [6.07, 6.45) is -4.53. The van der Waals surface area contributed by atoms with Gasteiger partial charge in [-0.15, -0.1) is 0 Å². The van der Waals surface area contributed by atoms with Gasteiger partial charge in [0.25, 0.3) is 5.91 Å². The monoisotopic (exact) mass is 459 g/mol. The number of carboxylic acid groups (broad SMARTS) is 1. The Morgan fingerprint density at radius 2 is 1.59 bits per heavy atom. The van der Waals surface area contributed by atoms with Crippen LogP contribution in [0.15, 0.2) is 72.8 Å². The Bertz CT molecular complexity index is 1160. The van der Waals surface area contributed by atoms with Crippen molar-refractivity contribution in [3.63, 3.8) is 0 Å².